The molecule has 2 aromatic heterocycles. The molecule has 2 rings (SSSR count). The number of fused-ring (bicyclic) bond motifs is 1. The van der Waals surface area contributed by atoms with Crippen LogP contribution in [0.5, 0.6) is 0 Å². The molecule has 2 heterocycles. The Hall–Kier alpha value is -1.55. The SMILES string of the molecule is COC(=O)c1cc(Cl)n2cc(C)nc2c1. The summed E-state index contributed by atoms with van der Waals surface area (Å²) >= 11 is 5.99. The van der Waals surface area contributed by atoms with Crippen molar-refractivity contribution in [3.05, 3.63) is 34.7 Å². The van der Waals surface area contributed by atoms with Crippen molar-refractivity contribution in [1.29, 1.82) is 0 Å². The van der Waals surface area contributed by atoms with Crippen molar-refractivity contribution in [2.75, 3.05) is 7.11 Å². The average Bonchev–Trinajstić information content (AvgIpc) is 2.58. The van der Waals surface area contributed by atoms with Crippen LogP contribution < -0.4 is 0 Å². The smallest absolute Gasteiger partial charge is 0.338 e. The number of carbonyl (C=O) groups is 1. The normalized spacial score (nSPS) is 10.6. The van der Waals surface area contributed by atoms with Gasteiger partial charge in [-0.1, -0.05) is 11.6 Å². The summed E-state index contributed by atoms with van der Waals surface area (Å²) in [5.74, 6) is -0.417. The van der Waals surface area contributed by atoms with E-state index in [9.17, 15) is 4.79 Å². The predicted molar refractivity (Wildman–Crippen MR) is 56.3 cm³/mol. The van der Waals surface area contributed by atoms with E-state index >= 15 is 0 Å². The van der Waals surface area contributed by atoms with Crippen molar-refractivity contribution in [3.63, 3.8) is 0 Å². The summed E-state index contributed by atoms with van der Waals surface area (Å²) in [7, 11) is 1.33. The Balaban J connectivity index is 2.66. The second-order valence-electron chi connectivity index (χ2n) is 3.17. The first kappa shape index (κ1) is 9.98. The third-order valence-electron chi connectivity index (χ3n) is 2.06. The van der Waals surface area contributed by atoms with Crippen LogP contribution >= 0.6 is 11.6 Å². The molecule has 0 saturated heterocycles. The largest absolute Gasteiger partial charge is 0.465 e. The third-order valence-corrected chi connectivity index (χ3v) is 2.36. The summed E-state index contributed by atoms with van der Waals surface area (Å²) in [6, 6.07) is 3.20. The summed E-state index contributed by atoms with van der Waals surface area (Å²) in [6.45, 7) is 1.86. The zero-order valence-electron chi connectivity index (χ0n) is 8.32. The number of halogens is 1. The summed E-state index contributed by atoms with van der Waals surface area (Å²) < 4.78 is 6.32. The molecular weight excluding hydrogens is 216 g/mol. The Morgan fingerprint density at radius 3 is 2.93 bits per heavy atom. The summed E-state index contributed by atoms with van der Waals surface area (Å²) in [5, 5.41) is 0.438. The van der Waals surface area contributed by atoms with Gasteiger partial charge in [-0.15, -0.1) is 0 Å². The van der Waals surface area contributed by atoms with E-state index in [0.29, 0.717) is 16.4 Å². The molecule has 0 radical (unpaired) electrons. The molecule has 78 valence electrons. The number of pyridine rings is 1. The fraction of sp³-hybridized carbons (Fsp3) is 0.200. The van der Waals surface area contributed by atoms with E-state index in [2.05, 4.69) is 9.72 Å². The molecule has 15 heavy (non-hydrogen) atoms. The van der Waals surface area contributed by atoms with Gasteiger partial charge in [0.25, 0.3) is 0 Å². The van der Waals surface area contributed by atoms with Gasteiger partial charge in [0, 0.05) is 6.20 Å². The molecule has 0 unspecified atom stereocenters. The van der Waals surface area contributed by atoms with Crippen LogP contribution in [-0.2, 0) is 4.74 Å². The highest BCUT2D eigenvalue weighted by atomic mass is 35.5. The van der Waals surface area contributed by atoms with E-state index < -0.39 is 5.97 Å². The molecule has 0 N–H and O–H groups in total. The van der Waals surface area contributed by atoms with E-state index in [1.165, 1.54) is 7.11 Å². The Kier molecular flexibility index (Phi) is 2.36. The van der Waals surface area contributed by atoms with Gasteiger partial charge >= 0.3 is 5.97 Å². The number of aryl methyl sites for hydroxylation is 1. The topological polar surface area (TPSA) is 43.6 Å². The van der Waals surface area contributed by atoms with E-state index in [0.717, 1.165) is 5.69 Å². The molecule has 0 aliphatic carbocycles. The van der Waals surface area contributed by atoms with Crippen LogP contribution in [0.25, 0.3) is 5.65 Å². The highest BCUT2D eigenvalue weighted by Gasteiger charge is 2.10. The Morgan fingerprint density at radius 1 is 1.53 bits per heavy atom. The minimum absolute atomic E-state index is 0.403. The zero-order valence-corrected chi connectivity index (χ0v) is 9.08. The van der Waals surface area contributed by atoms with Crippen molar-refractivity contribution in [3.8, 4) is 0 Å². The Labute approximate surface area is 91.4 Å². The van der Waals surface area contributed by atoms with Gasteiger partial charge in [0.1, 0.15) is 10.8 Å². The molecule has 0 bridgehead atoms. The average molecular weight is 225 g/mol. The molecule has 0 aliphatic heterocycles. The van der Waals surface area contributed by atoms with Crippen molar-refractivity contribution in [2.24, 2.45) is 0 Å². The van der Waals surface area contributed by atoms with Crippen LogP contribution in [0.1, 0.15) is 16.1 Å². The highest BCUT2D eigenvalue weighted by Crippen LogP contribution is 2.17. The number of methoxy groups -OCH3 is 1. The number of hydrogen-bond acceptors (Lipinski definition) is 3. The molecule has 0 fully saturated rings. The molecule has 0 aliphatic rings. The van der Waals surface area contributed by atoms with Gasteiger partial charge in [-0.3, -0.25) is 4.40 Å². The number of aromatic nitrogens is 2. The Bertz CT molecular complexity index is 533. The number of esters is 1. The molecule has 0 amide bonds. The maximum atomic E-state index is 11.3. The number of rotatable bonds is 1. The maximum Gasteiger partial charge on any atom is 0.338 e. The van der Waals surface area contributed by atoms with Crippen LogP contribution in [0, 0.1) is 6.92 Å². The van der Waals surface area contributed by atoms with Crippen molar-refractivity contribution in [1.82, 2.24) is 9.38 Å². The fourth-order valence-electron chi connectivity index (χ4n) is 1.40. The lowest BCUT2D eigenvalue weighted by Gasteiger charge is -2.01. The first-order valence-electron chi connectivity index (χ1n) is 4.35. The summed E-state index contributed by atoms with van der Waals surface area (Å²) in [5.41, 5.74) is 1.89. The lowest BCUT2D eigenvalue weighted by molar-refractivity contribution is 0.0600. The van der Waals surface area contributed by atoms with Gasteiger partial charge in [0.05, 0.1) is 18.4 Å². The molecular formula is C10H9ClN2O2. The molecule has 5 heteroatoms. The van der Waals surface area contributed by atoms with Crippen LogP contribution in [0.15, 0.2) is 18.3 Å². The summed E-state index contributed by atoms with van der Waals surface area (Å²) in [6.07, 6.45) is 1.80. The zero-order chi connectivity index (χ0) is 11.0. The lowest BCUT2D eigenvalue weighted by Crippen LogP contribution is -2.02. The van der Waals surface area contributed by atoms with Crippen molar-refractivity contribution < 1.29 is 9.53 Å². The first-order valence-corrected chi connectivity index (χ1v) is 4.73. The van der Waals surface area contributed by atoms with Crippen LogP contribution in [0.2, 0.25) is 5.15 Å². The van der Waals surface area contributed by atoms with Crippen molar-refractivity contribution >= 4 is 23.2 Å². The number of carbonyl (C=O) groups excluding carboxylic acids is 1. The fourth-order valence-corrected chi connectivity index (χ4v) is 1.66. The third kappa shape index (κ3) is 1.68. The molecule has 0 saturated carbocycles. The van der Waals surface area contributed by atoms with Crippen LogP contribution in [-0.4, -0.2) is 22.5 Å². The number of hydrogen-bond donors (Lipinski definition) is 0. The monoisotopic (exact) mass is 224 g/mol. The lowest BCUT2D eigenvalue weighted by atomic mass is 10.3. The van der Waals surface area contributed by atoms with Gasteiger partial charge in [0.2, 0.25) is 0 Å². The standard InChI is InChI=1S/C10H9ClN2O2/c1-6-5-13-8(11)3-7(10(14)15-2)4-9(13)12-6/h3-5H,1-2H3. The van der Waals surface area contributed by atoms with Gasteiger partial charge in [-0.05, 0) is 19.1 Å². The second-order valence-corrected chi connectivity index (χ2v) is 3.56. The maximum absolute atomic E-state index is 11.3. The molecule has 0 aromatic carbocycles. The van der Waals surface area contributed by atoms with Crippen LogP contribution in [0.3, 0.4) is 0 Å². The van der Waals surface area contributed by atoms with Gasteiger partial charge in [0.15, 0.2) is 0 Å². The van der Waals surface area contributed by atoms with Crippen LogP contribution in [0.4, 0.5) is 0 Å². The van der Waals surface area contributed by atoms with E-state index in [1.54, 1.807) is 22.7 Å². The Morgan fingerprint density at radius 2 is 2.27 bits per heavy atom. The number of nitrogens with zero attached hydrogens (tertiary/aromatic N) is 2. The number of imidazole rings is 1. The highest BCUT2D eigenvalue weighted by molar-refractivity contribution is 6.30. The van der Waals surface area contributed by atoms with E-state index in [1.807, 2.05) is 6.92 Å². The minimum atomic E-state index is -0.417. The van der Waals surface area contributed by atoms with Crippen molar-refractivity contribution in [2.45, 2.75) is 6.92 Å². The van der Waals surface area contributed by atoms with Gasteiger partial charge in [-0.25, -0.2) is 9.78 Å². The number of ether oxygens (including phenoxy) is 1. The quantitative estimate of drug-likeness (QED) is 0.550. The second kappa shape index (κ2) is 3.55. The molecule has 4 nitrogen and oxygen atoms in total. The molecule has 0 atom stereocenters. The van der Waals surface area contributed by atoms with E-state index in [4.69, 9.17) is 11.6 Å². The first-order chi connectivity index (χ1) is 7.11. The van der Waals surface area contributed by atoms with Gasteiger partial charge in [-0.2, -0.15) is 0 Å². The van der Waals surface area contributed by atoms with Gasteiger partial charge < -0.3 is 4.74 Å². The predicted octanol–water partition coefficient (Wildman–Crippen LogP) is 2.08. The molecule has 2 aromatic rings. The molecule has 0 spiro atoms. The van der Waals surface area contributed by atoms with E-state index in [-0.39, 0.29) is 0 Å². The summed E-state index contributed by atoms with van der Waals surface area (Å²) in [4.78, 5) is 15.5. The minimum Gasteiger partial charge on any atom is -0.465 e.